The number of hydrogen-bond donors (Lipinski definition) is 0. The average molecular weight is 355 g/mol. The Morgan fingerprint density at radius 2 is 1.92 bits per heavy atom. The molecule has 0 aliphatic heterocycles. The van der Waals surface area contributed by atoms with E-state index in [9.17, 15) is 13.2 Å². The maximum Gasteiger partial charge on any atom is 0.310 e. The van der Waals surface area contributed by atoms with E-state index in [4.69, 9.17) is 9.47 Å². The van der Waals surface area contributed by atoms with Crippen LogP contribution in [0.1, 0.15) is 24.8 Å². The van der Waals surface area contributed by atoms with E-state index in [0.29, 0.717) is 18.6 Å². The summed E-state index contributed by atoms with van der Waals surface area (Å²) in [7, 11) is -0.728. The molecule has 2 rings (SSSR count). The molecular weight excluding hydrogens is 330 g/mol. The third-order valence-corrected chi connectivity index (χ3v) is 6.85. The van der Waals surface area contributed by atoms with Gasteiger partial charge < -0.3 is 9.47 Å². The van der Waals surface area contributed by atoms with Crippen LogP contribution in [0.25, 0.3) is 0 Å². The monoisotopic (exact) mass is 355 g/mol. The summed E-state index contributed by atoms with van der Waals surface area (Å²) >= 11 is 0. The zero-order chi connectivity index (χ0) is 17.7. The number of methoxy groups -OCH3 is 1. The Kier molecular flexibility index (Phi) is 6.23. The van der Waals surface area contributed by atoms with Gasteiger partial charge >= 0.3 is 5.97 Å². The number of carbonyl (C=O) groups is 1. The molecule has 0 radical (unpaired) electrons. The molecule has 0 aromatic heterocycles. The highest BCUT2D eigenvalue weighted by molar-refractivity contribution is 7.89. The lowest BCUT2D eigenvalue weighted by molar-refractivity contribution is -0.145. The average Bonchev–Trinajstić information content (AvgIpc) is 3.06. The van der Waals surface area contributed by atoms with Crippen molar-refractivity contribution in [1.29, 1.82) is 0 Å². The number of benzene rings is 1. The van der Waals surface area contributed by atoms with Crippen molar-refractivity contribution in [3.05, 3.63) is 29.8 Å². The van der Waals surface area contributed by atoms with Gasteiger partial charge in [-0.3, -0.25) is 4.79 Å². The fourth-order valence-corrected chi connectivity index (χ4v) is 4.91. The molecule has 2 atom stereocenters. The highest BCUT2D eigenvalue weighted by Gasteiger charge is 2.43. The van der Waals surface area contributed by atoms with E-state index >= 15 is 0 Å². The van der Waals surface area contributed by atoms with Crippen molar-refractivity contribution < 1.29 is 22.7 Å². The van der Waals surface area contributed by atoms with Gasteiger partial charge in [-0.05, 0) is 31.9 Å². The molecule has 0 amide bonds. The van der Waals surface area contributed by atoms with Gasteiger partial charge in [0.05, 0.1) is 18.3 Å². The Bertz CT molecular complexity index is 656. The number of ether oxygens (including phenoxy) is 2. The fraction of sp³-hybridized carbons (Fsp3) is 0.588. The lowest BCUT2D eigenvalue weighted by Gasteiger charge is -2.24. The van der Waals surface area contributed by atoms with Crippen molar-refractivity contribution >= 4 is 16.0 Å². The van der Waals surface area contributed by atoms with Crippen molar-refractivity contribution in [1.82, 2.24) is 4.31 Å². The Morgan fingerprint density at radius 3 is 2.54 bits per heavy atom. The maximum absolute atomic E-state index is 12.7. The zero-order valence-corrected chi connectivity index (χ0v) is 15.2. The third-order valence-electron chi connectivity index (χ3n) is 4.47. The molecule has 0 heterocycles. The van der Waals surface area contributed by atoms with Crippen LogP contribution in [0.4, 0.5) is 0 Å². The van der Waals surface area contributed by atoms with Gasteiger partial charge in [-0.2, -0.15) is 0 Å². The Labute approximate surface area is 143 Å². The summed E-state index contributed by atoms with van der Waals surface area (Å²) in [6, 6.07) is 7.59. The van der Waals surface area contributed by atoms with E-state index in [1.807, 2.05) is 31.2 Å². The molecule has 1 aromatic rings. The molecule has 0 saturated heterocycles. The highest BCUT2D eigenvalue weighted by Crippen LogP contribution is 2.33. The van der Waals surface area contributed by atoms with E-state index < -0.39 is 27.2 Å². The molecule has 134 valence electrons. The van der Waals surface area contributed by atoms with Gasteiger partial charge in [0, 0.05) is 13.6 Å². The van der Waals surface area contributed by atoms with E-state index in [1.165, 1.54) is 18.5 Å². The van der Waals surface area contributed by atoms with Gasteiger partial charge in [0.25, 0.3) is 0 Å². The van der Waals surface area contributed by atoms with Crippen molar-refractivity contribution in [3.8, 4) is 5.75 Å². The summed E-state index contributed by atoms with van der Waals surface area (Å²) < 4.78 is 37.0. The standard InChI is InChI=1S/C17H25NO5S/c1-13-7-9-14(10-8-13)23-12-11-18(2)24(20,21)16-6-4-5-15(16)17(19)22-3/h7-10,15-16H,4-6,11-12H2,1-3H3/t15-,16+/m1/s1. The van der Waals surface area contributed by atoms with Crippen molar-refractivity contribution in [2.24, 2.45) is 5.92 Å². The second-order valence-corrected chi connectivity index (χ2v) is 8.39. The van der Waals surface area contributed by atoms with Gasteiger partial charge in [0.1, 0.15) is 12.4 Å². The molecule has 1 aliphatic carbocycles. The van der Waals surface area contributed by atoms with Crippen molar-refractivity contribution in [2.75, 3.05) is 27.3 Å². The number of carbonyl (C=O) groups excluding carboxylic acids is 1. The second kappa shape index (κ2) is 7.98. The summed E-state index contributed by atoms with van der Waals surface area (Å²) in [4.78, 5) is 11.8. The van der Waals surface area contributed by atoms with Crippen LogP contribution in [0.2, 0.25) is 0 Å². The van der Waals surface area contributed by atoms with Crippen LogP contribution < -0.4 is 4.74 Å². The van der Waals surface area contributed by atoms with Crippen molar-refractivity contribution in [2.45, 2.75) is 31.4 Å². The van der Waals surface area contributed by atoms with Gasteiger partial charge in [-0.1, -0.05) is 24.1 Å². The molecule has 1 aliphatic rings. The largest absolute Gasteiger partial charge is 0.492 e. The van der Waals surface area contributed by atoms with Crippen molar-refractivity contribution in [3.63, 3.8) is 0 Å². The number of hydrogen-bond acceptors (Lipinski definition) is 5. The van der Waals surface area contributed by atoms with Crippen LogP contribution in [0.15, 0.2) is 24.3 Å². The summed E-state index contributed by atoms with van der Waals surface area (Å²) in [6.07, 6.45) is 1.77. The summed E-state index contributed by atoms with van der Waals surface area (Å²) in [5.74, 6) is -0.300. The van der Waals surface area contributed by atoms with Gasteiger partial charge in [-0.15, -0.1) is 0 Å². The first-order valence-electron chi connectivity index (χ1n) is 8.08. The van der Waals surface area contributed by atoms with Crippen LogP contribution >= 0.6 is 0 Å². The lowest BCUT2D eigenvalue weighted by Crippen LogP contribution is -2.42. The molecule has 24 heavy (non-hydrogen) atoms. The molecule has 0 bridgehead atoms. The van der Waals surface area contributed by atoms with E-state index in [-0.39, 0.29) is 13.2 Å². The topological polar surface area (TPSA) is 72.9 Å². The summed E-state index contributed by atoms with van der Waals surface area (Å²) in [5, 5.41) is -0.700. The minimum absolute atomic E-state index is 0.237. The SMILES string of the molecule is COC(=O)[C@@H]1CCC[C@@H]1S(=O)(=O)N(C)CCOc1ccc(C)cc1. The maximum atomic E-state index is 12.7. The Hall–Kier alpha value is -1.60. The molecule has 6 nitrogen and oxygen atoms in total. The first-order valence-corrected chi connectivity index (χ1v) is 9.59. The van der Waals surface area contributed by atoms with E-state index in [1.54, 1.807) is 0 Å². The van der Waals surface area contributed by atoms with E-state index in [2.05, 4.69) is 0 Å². The fourth-order valence-electron chi connectivity index (χ4n) is 2.99. The third kappa shape index (κ3) is 4.27. The van der Waals surface area contributed by atoms with Crippen LogP contribution in [0, 0.1) is 12.8 Å². The number of likely N-dealkylation sites (N-methyl/N-ethyl adjacent to an activating group) is 1. The van der Waals surface area contributed by atoms with Crippen LogP contribution in [0.5, 0.6) is 5.75 Å². The molecule has 1 aromatic carbocycles. The molecule has 7 heteroatoms. The summed E-state index contributed by atoms with van der Waals surface area (Å²) in [6.45, 7) is 2.48. The first-order chi connectivity index (χ1) is 11.4. The number of aryl methyl sites for hydroxylation is 1. The van der Waals surface area contributed by atoms with Gasteiger partial charge in [0.2, 0.25) is 10.0 Å². The van der Waals surface area contributed by atoms with Gasteiger partial charge in [-0.25, -0.2) is 12.7 Å². The minimum atomic E-state index is -3.55. The molecular formula is C17H25NO5S. The molecule has 1 saturated carbocycles. The number of esters is 1. The number of sulfonamides is 1. The van der Waals surface area contributed by atoms with Gasteiger partial charge in [0.15, 0.2) is 0 Å². The predicted molar refractivity (Wildman–Crippen MR) is 91.4 cm³/mol. The first kappa shape index (κ1) is 18.7. The molecule has 0 unspecified atom stereocenters. The lowest BCUT2D eigenvalue weighted by atomic mass is 10.1. The highest BCUT2D eigenvalue weighted by atomic mass is 32.2. The summed E-state index contributed by atoms with van der Waals surface area (Å²) in [5.41, 5.74) is 1.14. The number of nitrogens with zero attached hydrogens (tertiary/aromatic N) is 1. The quantitative estimate of drug-likeness (QED) is 0.699. The van der Waals surface area contributed by atoms with Crippen LogP contribution in [-0.4, -0.2) is 51.3 Å². The Morgan fingerprint density at radius 1 is 1.25 bits per heavy atom. The molecule has 0 spiro atoms. The molecule has 0 N–H and O–H groups in total. The normalized spacial score (nSPS) is 21.0. The smallest absolute Gasteiger partial charge is 0.310 e. The van der Waals surface area contributed by atoms with Crippen LogP contribution in [-0.2, 0) is 19.6 Å². The predicted octanol–water partition coefficient (Wildman–Crippen LogP) is 1.98. The van der Waals surface area contributed by atoms with Crippen LogP contribution in [0.3, 0.4) is 0 Å². The second-order valence-electron chi connectivity index (χ2n) is 6.13. The van der Waals surface area contributed by atoms with E-state index in [0.717, 1.165) is 12.0 Å². The Balaban J connectivity index is 1.93. The minimum Gasteiger partial charge on any atom is -0.492 e. The zero-order valence-electron chi connectivity index (χ0n) is 14.4. The molecule has 1 fully saturated rings. The number of rotatable bonds is 7.